The molecule has 154 valence electrons. The number of halogens is 1. The van der Waals surface area contributed by atoms with E-state index in [1.54, 1.807) is 16.7 Å². The summed E-state index contributed by atoms with van der Waals surface area (Å²) in [5.74, 6) is -1.53. The quantitative estimate of drug-likeness (QED) is 0.513. The van der Waals surface area contributed by atoms with Crippen LogP contribution in [0.4, 0.5) is 10.1 Å². The van der Waals surface area contributed by atoms with E-state index < -0.39 is 23.1 Å². The molecule has 0 aliphatic rings. The van der Waals surface area contributed by atoms with E-state index in [0.717, 1.165) is 0 Å². The summed E-state index contributed by atoms with van der Waals surface area (Å²) in [6, 6.07) is 14.9. The van der Waals surface area contributed by atoms with Crippen LogP contribution in [0.1, 0.15) is 20.7 Å². The normalized spacial score (nSPS) is 10.6. The maximum absolute atomic E-state index is 13.4. The Kier molecular flexibility index (Phi) is 5.28. The smallest absolute Gasteiger partial charge is 0.337 e. The number of ether oxygens (including phenoxy) is 1. The highest BCUT2D eigenvalue weighted by Crippen LogP contribution is 2.18. The number of esters is 1. The maximum atomic E-state index is 13.4. The van der Waals surface area contributed by atoms with E-state index in [0.29, 0.717) is 22.6 Å². The highest BCUT2D eigenvalue weighted by molar-refractivity contribution is 6.06. The van der Waals surface area contributed by atoms with Gasteiger partial charge in [-0.2, -0.15) is 0 Å². The molecular formula is C23H16FN3O4. The third-order valence-electron chi connectivity index (χ3n) is 4.68. The molecule has 0 bridgehead atoms. The van der Waals surface area contributed by atoms with Crippen molar-refractivity contribution in [1.29, 1.82) is 0 Å². The first-order chi connectivity index (χ1) is 15.0. The van der Waals surface area contributed by atoms with Gasteiger partial charge in [-0.3, -0.25) is 9.59 Å². The number of nitrogens with one attached hydrogen (secondary N) is 1. The molecule has 2 aromatic carbocycles. The lowest BCUT2D eigenvalue weighted by Crippen LogP contribution is -2.24. The lowest BCUT2D eigenvalue weighted by atomic mass is 10.1. The molecule has 2 heterocycles. The second kappa shape index (κ2) is 8.19. The highest BCUT2D eigenvalue weighted by atomic mass is 19.1. The van der Waals surface area contributed by atoms with Gasteiger partial charge < -0.3 is 14.6 Å². The number of carbonyl (C=O) groups is 2. The molecule has 8 heteroatoms. The Balaban J connectivity index is 1.76. The lowest BCUT2D eigenvalue weighted by molar-refractivity contribution is 0.0600. The van der Waals surface area contributed by atoms with Crippen LogP contribution in [0.3, 0.4) is 0 Å². The number of hydrogen-bond acceptors (Lipinski definition) is 5. The Bertz CT molecular complexity index is 1350. The first kappa shape index (κ1) is 20.0. The standard InChI is InChI=1S/C23H16FN3O4/c1-31-23(30)14-4-8-16(9-5-14)26-22(29)19-13-27(17-10-6-15(24)7-11-17)21-18(20(19)28)3-2-12-25-21/h2-13H,1H3,(H,26,29). The van der Waals surface area contributed by atoms with Gasteiger partial charge in [0, 0.05) is 23.8 Å². The van der Waals surface area contributed by atoms with Gasteiger partial charge in [0.25, 0.3) is 5.91 Å². The average molecular weight is 417 g/mol. The Morgan fingerprint density at radius 3 is 2.42 bits per heavy atom. The summed E-state index contributed by atoms with van der Waals surface area (Å²) >= 11 is 0. The monoisotopic (exact) mass is 417 g/mol. The minimum atomic E-state index is -0.627. The first-order valence-corrected chi connectivity index (χ1v) is 9.24. The van der Waals surface area contributed by atoms with E-state index >= 15 is 0 Å². The van der Waals surface area contributed by atoms with Crippen LogP contribution < -0.4 is 10.7 Å². The van der Waals surface area contributed by atoms with Gasteiger partial charge >= 0.3 is 5.97 Å². The van der Waals surface area contributed by atoms with E-state index in [1.807, 2.05) is 0 Å². The van der Waals surface area contributed by atoms with Crippen LogP contribution >= 0.6 is 0 Å². The van der Waals surface area contributed by atoms with Crippen molar-refractivity contribution in [3.05, 3.63) is 100 Å². The molecule has 4 rings (SSSR count). The highest BCUT2D eigenvalue weighted by Gasteiger charge is 2.17. The molecule has 1 N–H and O–H groups in total. The maximum Gasteiger partial charge on any atom is 0.337 e. The molecule has 0 saturated heterocycles. The topological polar surface area (TPSA) is 90.3 Å². The predicted octanol–water partition coefficient (Wildman–Crippen LogP) is 3.56. The number of fused-ring (bicyclic) bond motifs is 1. The fourth-order valence-corrected chi connectivity index (χ4v) is 3.13. The number of methoxy groups -OCH3 is 1. The zero-order chi connectivity index (χ0) is 22.0. The third kappa shape index (κ3) is 3.91. The van der Waals surface area contributed by atoms with Crippen LogP contribution in [-0.2, 0) is 4.74 Å². The summed E-state index contributed by atoms with van der Waals surface area (Å²) in [5.41, 5.74) is 1.03. The van der Waals surface area contributed by atoms with Crippen molar-refractivity contribution < 1.29 is 18.7 Å². The number of carbonyl (C=O) groups excluding carboxylic acids is 2. The molecule has 0 saturated carbocycles. The van der Waals surface area contributed by atoms with Crippen molar-refractivity contribution in [3.8, 4) is 5.69 Å². The number of amides is 1. The molecule has 4 aromatic rings. The summed E-state index contributed by atoms with van der Waals surface area (Å²) < 4.78 is 19.6. The molecular weight excluding hydrogens is 401 g/mol. The van der Waals surface area contributed by atoms with Crippen LogP contribution in [0.2, 0.25) is 0 Å². The van der Waals surface area contributed by atoms with Gasteiger partial charge in [0.1, 0.15) is 17.0 Å². The molecule has 0 fully saturated rings. The molecule has 1 amide bonds. The van der Waals surface area contributed by atoms with Gasteiger partial charge in [-0.1, -0.05) is 0 Å². The molecule has 0 unspecified atom stereocenters. The fourth-order valence-electron chi connectivity index (χ4n) is 3.13. The number of pyridine rings is 2. The first-order valence-electron chi connectivity index (χ1n) is 9.24. The SMILES string of the molecule is COC(=O)c1ccc(NC(=O)c2cn(-c3ccc(F)cc3)c3ncccc3c2=O)cc1. The second-order valence-corrected chi connectivity index (χ2v) is 6.62. The summed E-state index contributed by atoms with van der Waals surface area (Å²) in [6.07, 6.45) is 2.91. The van der Waals surface area contributed by atoms with E-state index in [1.165, 1.54) is 68.0 Å². The van der Waals surface area contributed by atoms with Crippen LogP contribution in [0.5, 0.6) is 0 Å². The van der Waals surface area contributed by atoms with Gasteiger partial charge in [0.15, 0.2) is 0 Å². The van der Waals surface area contributed by atoms with Gasteiger partial charge in [-0.25, -0.2) is 14.2 Å². The molecule has 31 heavy (non-hydrogen) atoms. The lowest BCUT2D eigenvalue weighted by Gasteiger charge is -2.13. The molecule has 2 aromatic heterocycles. The van der Waals surface area contributed by atoms with E-state index in [9.17, 15) is 18.8 Å². The van der Waals surface area contributed by atoms with E-state index in [4.69, 9.17) is 0 Å². The Labute approximate surface area is 175 Å². The van der Waals surface area contributed by atoms with Crippen molar-refractivity contribution in [2.75, 3.05) is 12.4 Å². The molecule has 0 radical (unpaired) electrons. The van der Waals surface area contributed by atoms with Crippen LogP contribution in [-0.4, -0.2) is 28.5 Å². The largest absolute Gasteiger partial charge is 0.465 e. The zero-order valence-corrected chi connectivity index (χ0v) is 16.3. The number of aromatic nitrogens is 2. The molecule has 0 aliphatic heterocycles. The van der Waals surface area contributed by atoms with Crippen LogP contribution in [0.25, 0.3) is 16.7 Å². The van der Waals surface area contributed by atoms with Gasteiger partial charge in [0.2, 0.25) is 5.43 Å². The number of nitrogens with zero attached hydrogens (tertiary/aromatic N) is 2. The minimum Gasteiger partial charge on any atom is -0.465 e. The molecule has 0 aliphatic carbocycles. The zero-order valence-electron chi connectivity index (χ0n) is 16.3. The van der Waals surface area contributed by atoms with Crippen molar-refractivity contribution in [2.24, 2.45) is 0 Å². The van der Waals surface area contributed by atoms with E-state index in [-0.39, 0.29) is 10.9 Å². The van der Waals surface area contributed by atoms with E-state index in [2.05, 4.69) is 15.0 Å². The summed E-state index contributed by atoms with van der Waals surface area (Å²) in [5, 5.41) is 2.90. The Morgan fingerprint density at radius 1 is 1.03 bits per heavy atom. The predicted molar refractivity (Wildman–Crippen MR) is 113 cm³/mol. The summed E-state index contributed by atoms with van der Waals surface area (Å²) in [7, 11) is 1.28. The average Bonchev–Trinajstić information content (AvgIpc) is 2.80. The van der Waals surface area contributed by atoms with Gasteiger partial charge in [-0.05, 0) is 60.7 Å². The summed E-state index contributed by atoms with van der Waals surface area (Å²) in [6.45, 7) is 0. The molecule has 7 nitrogen and oxygen atoms in total. The molecule has 0 atom stereocenters. The van der Waals surface area contributed by atoms with Crippen LogP contribution in [0, 0.1) is 5.82 Å². The third-order valence-corrected chi connectivity index (χ3v) is 4.68. The van der Waals surface area contributed by atoms with Crippen LogP contribution in [0.15, 0.2) is 77.9 Å². The molecule has 0 spiro atoms. The second-order valence-electron chi connectivity index (χ2n) is 6.62. The Hall–Kier alpha value is -4.33. The number of hydrogen-bond donors (Lipinski definition) is 1. The van der Waals surface area contributed by atoms with Crippen molar-refractivity contribution in [1.82, 2.24) is 9.55 Å². The van der Waals surface area contributed by atoms with Gasteiger partial charge in [0.05, 0.1) is 18.1 Å². The fraction of sp³-hybridized carbons (Fsp3) is 0.0435. The minimum absolute atomic E-state index is 0.109. The van der Waals surface area contributed by atoms with Crippen molar-refractivity contribution >= 4 is 28.6 Å². The number of rotatable bonds is 4. The van der Waals surface area contributed by atoms with Gasteiger partial charge in [-0.15, -0.1) is 0 Å². The van der Waals surface area contributed by atoms with Crippen molar-refractivity contribution in [2.45, 2.75) is 0 Å². The number of benzene rings is 2. The van der Waals surface area contributed by atoms with Crippen molar-refractivity contribution in [3.63, 3.8) is 0 Å². The Morgan fingerprint density at radius 2 is 1.74 bits per heavy atom. The summed E-state index contributed by atoms with van der Waals surface area (Å²) in [4.78, 5) is 41.6. The number of anilines is 1.